The molecule has 0 spiro atoms. The maximum absolute atomic E-state index is 12.0. The molecular weight excluding hydrogens is 516 g/mol. The Bertz CT molecular complexity index is 1130. The zero-order valence-electron chi connectivity index (χ0n) is 17.2. The Kier molecular flexibility index (Phi) is 12.1. The van der Waals surface area contributed by atoms with Gasteiger partial charge < -0.3 is 0 Å². The van der Waals surface area contributed by atoms with Crippen LogP contribution < -0.4 is 0 Å². The van der Waals surface area contributed by atoms with E-state index in [9.17, 15) is 52.7 Å². The van der Waals surface area contributed by atoms with Gasteiger partial charge >= 0.3 is 0 Å². The maximum Gasteiger partial charge on any atom is 0.195 e. The first-order chi connectivity index (χ1) is 16.8. The van der Waals surface area contributed by atoms with Gasteiger partial charge in [-0.25, -0.2) is 52.7 Å². The van der Waals surface area contributed by atoms with E-state index in [0.717, 1.165) is 30.3 Å². The lowest BCUT2D eigenvalue weighted by Crippen LogP contribution is -1.87. The molecule has 0 N–H and O–H groups in total. The zero-order chi connectivity index (χ0) is 27.4. The third-order valence-corrected chi connectivity index (χ3v) is 3.31. The summed E-state index contributed by atoms with van der Waals surface area (Å²) in [5.41, 5.74) is 0. The number of halogens is 12. The number of rotatable bonds is 0. The van der Waals surface area contributed by atoms with Gasteiger partial charge in [-0.05, 0) is 42.5 Å². The monoisotopic (exact) mass is 524 g/mol. The summed E-state index contributed by atoms with van der Waals surface area (Å²) < 4.78 is 143. The molecule has 0 aromatic heterocycles. The molecule has 0 saturated carbocycles. The summed E-state index contributed by atoms with van der Waals surface area (Å²) >= 11 is 0. The molecule has 12 heteroatoms. The highest BCUT2D eigenvalue weighted by Gasteiger charge is 2.06. The smallest absolute Gasteiger partial charge is 0.195 e. The van der Waals surface area contributed by atoms with Crippen LogP contribution in [-0.4, -0.2) is 0 Å². The molecule has 0 aliphatic carbocycles. The second-order valence-electron chi connectivity index (χ2n) is 5.88. The van der Waals surface area contributed by atoms with Gasteiger partial charge in [0.1, 0.15) is 11.6 Å². The van der Waals surface area contributed by atoms with Crippen LogP contribution in [0, 0.1) is 94.1 Å². The molecule has 0 heterocycles. The molecule has 0 saturated heterocycles. The molecule has 0 amide bonds. The summed E-state index contributed by atoms with van der Waals surface area (Å²) in [6.45, 7) is 0. The molecule has 0 aliphatic rings. The van der Waals surface area contributed by atoms with Gasteiger partial charge in [0.05, 0.1) is 0 Å². The Morgan fingerprint density at radius 1 is 0.444 bits per heavy atom. The molecule has 4 rings (SSSR count). The van der Waals surface area contributed by atoms with Crippen LogP contribution in [0.5, 0.6) is 0 Å². The Labute approximate surface area is 196 Å². The van der Waals surface area contributed by atoms with E-state index in [-0.39, 0.29) is 0 Å². The molecule has 0 unspecified atom stereocenters. The molecule has 0 aliphatic heterocycles. The predicted molar refractivity (Wildman–Crippen MR) is 101 cm³/mol. The fourth-order valence-corrected chi connectivity index (χ4v) is 1.71. The largest absolute Gasteiger partial charge is 0.207 e. The molecule has 0 bridgehead atoms. The van der Waals surface area contributed by atoms with Crippen LogP contribution in [0.2, 0.25) is 0 Å². The summed E-state index contributed by atoms with van der Waals surface area (Å²) in [5.74, 6) is -14.2. The minimum absolute atomic E-state index is 0.440. The quantitative estimate of drug-likeness (QED) is 0.126. The summed E-state index contributed by atoms with van der Waals surface area (Å²) in [5, 5.41) is 0. The molecular formula is C24H8F12. The molecule has 0 fully saturated rings. The van der Waals surface area contributed by atoms with Crippen molar-refractivity contribution in [2.45, 2.75) is 0 Å². The van der Waals surface area contributed by atoms with Crippen LogP contribution in [0.3, 0.4) is 0 Å². The number of benzene rings is 4. The van der Waals surface area contributed by atoms with Gasteiger partial charge in [0.15, 0.2) is 58.2 Å². The average Bonchev–Trinajstić information content (AvgIpc) is 2.82. The van der Waals surface area contributed by atoms with E-state index in [1.807, 2.05) is 12.1 Å². The normalized spacial score (nSPS) is 9.67. The van der Waals surface area contributed by atoms with Crippen molar-refractivity contribution in [2.24, 2.45) is 0 Å². The van der Waals surface area contributed by atoms with E-state index >= 15 is 0 Å². The minimum atomic E-state index is -1.47. The van der Waals surface area contributed by atoms with Gasteiger partial charge in [-0.15, -0.1) is 0 Å². The van der Waals surface area contributed by atoms with Gasteiger partial charge in [-0.2, -0.15) is 0 Å². The highest BCUT2D eigenvalue weighted by Crippen LogP contribution is 2.09. The van der Waals surface area contributed by atoms with Crippen molar-refractivity contribution in [1.29, 1.82) is 0 Å². The molecule has 36 heavy (non-hydrogen) atoms. The summed E-state index contributed by atoms with van der Waals surface area (Å²) in [6.07, 6.45) is 0. The fraction of sp³-hybridized carbons (Fsp3) is 0. The lowest BCUT2D eigenvalue weighted by atomic mass is 10.3. The number of hydrogen-bond acceptors (Lipinski definition) is 0. The Balaban J connectivity index is 0.000000240. The molecule has 0 nitrogen and oxygen atoms in total. The van der Waals surface area contributed by atoms with Crippen LogP contribution >= 0.6 is 0 Å². The summed E-state index contributed by atoms with van der Waals surface area (Å²) in [6, 6.07) is 13.1. The van der Waals surface area contributed by atoms with Gasteiger partial charge in [0, 0.05) is 30.3 Å². The first-order valence-electron chi connectivity index (χ1n) is 8.89. The van der Waals surface area contributed by atoms with Crippen LogP contribution in [-0.2, 0) is 0 Å². The van der Waals surface area contributed by atoms with Crippen LogP contribution in [0.25, 0.3) is 0 Å². The molecule has 0 atom stereocenters. The highest BCUT2D eigenvalue weighted by atomic mass is 19.2. The Morgan fingerprint density at radius 2 is 1.06 bits per heavy atom. The van der Waals surface area contributed by atoms with Gasteiger partial charge in [-0.1, -0.05) is 0 Å². The van der Waals surface area contributed by atoms with Crippen molar-refractivity contribution in [1.82, 2.24) is 0 Å². The van der Waals surface area contributed by atoms with Crippen molar-refractivity contribution < 1.29 is 52.7 Å². The van der Waals surface area contributed by atoms with Crippen molar-refractivity contribution in [3.8, 4) is 0 Å². The van der Waals surface area contributed by atoms with Crippen LogP contribution in [0.15, 0.2) is 48.5 Å². The second kappa shape index (κ2) is 14.4. The molecule has 4 radical (unpaired) electrons. The first-order valence-corrected chi connectivity index (χ1v) is 8.89. The second-order valence-corrected chi connectivity index (χ2v) is 5.88. The van der Waals surface area contributed by atoms with E-state index in [4.69, 9.17) is 0 Å². The maximum atomic E-state index is 12.0. The third-order valence-electron chi connectivity index (χ3n) is 3.31. The van der Waals surface area contributed by atoms with E-state index < -0.39 is 69.8 Å². The third kappa shape index (κ3) is 10.1. The van der Waals surface area contributed by atoms with E-state index in [2.05, 4.69) is 6.07 Å². The summed E-state index contributed by atoms with van der Waals surface area (Å²) in [4.78, 5) is 0. The van der Waals surface area contributed by atoms with Crippen molar-refractivity contribution in [3.05, 3.63) is 143 Å². The van der Waals surface area contributed by atoms with Gasteiger partial charge in [-0.3, -0.25) is 0 Å². The molecule has 188 valence electrons. The van der Waals surface area contributed by atoms with Crippen LogP contribution in [0.4, 0.5) is 52.7 Å². The standard InChI is InChI=1S/4C6H2F3/c2*7-4-1-2-5(8)6(9)3-4;2*7-4-2-1-3-5(8)6(4)9/h2-3H;1,3H;2-3H;1-2H. The zero-order valence-corrected chi connectivity index (χ0v) is 17.2. The van der Waals surface area contributed by atoms with E-state index in [1.54, 1.807) is 6.07 Å². The van der Waals surface area contributed by atoms with Crippen molar-refractivity contribution in [2.75, 3.05) is 0 Å². The lowest BCUT2D eigenvalue weighted by Gasteiger charge is -1.89. The average molecular weight is 524 g/mol. The van der Waals surface area contributed by atoms with Crippen molar-refractivity contribution >= 4 is 0 Å². The topological polar surface area (TPSA) is 0 Å². The van der Waals surface area contributed by atoms with E-state index in [0.29, 0.717) is 18.2 Å². The number of hydrogen-bond donors (Lipinski definition) is 0. The lowest BCUT2D eigenvalue weighted by molar-refractivity contribution is 0.446. The molecule has 4 aromatic carbocycles. The minimum Gasteiger partial charge on any atom is -0.207 e. The highest BCUT2D eigenvalue weighted by molar-refractivity contribution is 5.08. The molecule has 4 aromatic rings. The Hall–Kier alpha value is -3.96. The van der Waals surface area contributed by atoms with Gasteiger partial charge in [0.2, 0.25) is 0 Å². The predicted octanol–water partition coefficient (Wildman–Crippen LogP) is 7.62. The van der Waals surface area contributed by atoms with Gasteiger partial charge in [0.25, 0.3) is 0 Å². The van der Waals surface area contributed by atoms with Crippen LogP contribution in [0.1, 0.15) is 0 Å². The first kappa shape index (κ1) is 30.1. The Morgan fingerprint density at radius 3 is 1.47 bits per heavy atom. The fourth-order valence-electron chi connectivity index (χ4n) is 1.71. The summed E-state index contributed by atoms with van der Waals surface area (Å²) in [7, 11) is 0. The van der Waals surface area contributed by atoms with E-state index in [1.165, 1.54) is 0 Å². The SMILES string of the molecule is Fc1[c]cc(F)c(F)c1.Fc1[c]ccc(F)c1F.Fc1c[c]c(F)c(F)c1.Fc1c[c]cc(F)c1F. The van der Waals surface area contributed by atoms with Crippen molar-refractivity contribution in [3.63, 3.8) is 0 Å².